The van der Waals surface area contributed by atoms with Crippen molar-refractivity contribution in [3.05, 3.63) is 27.1 Å². The van der Waals surface area contributed by atoms with Crippen LogP contribution in [0.25, 0.3) is 0 Å². The Hall–Kier alpha value is 0.0900. The summed E-state index contributed by atoms with van der Waals surface area (Å²) in [4.78, 5) is 0.261. The fourth-order valence-electron chi connectivity index (χ4n) is 1.31. The lowest BCUT2D eigenvalue weighted by Crippen LogP contribution is -2.33. The van der Waals surface area contributed by atoms with Crippen LogP contribution in [0.4, 0.5) is 0 Å². The highest BCUT2D eigenvalue weighted by Crippen LogP contribution is 2.27. The van der Waals surface area contributed by atoms with Crippen LogP contribution in [-0.4, -0.2) is 15.0 Å². The molecule has 0 radical (unpaired) electrons. The van der Waals surface area contributed by atoms with Crippen LogP contribution in [-0.2, 0) is 10.0 Å². The highest BCUT2D eigenvalue weighted by molar-refractivity contribution is 9.11. The standard InChI is InChI=1S/C13H19Br2NO2S/c1-9(13(2,3)4)8-16-19(17,18)12-6-5-10(14)7-11(12)15/h5-7,9,16H,8H2,1-4H3. The maximum absolute atomic E-state index is 12.2. The molecule has 19 heavy (non-hydrogen) atoms. The van der Waals surface area contributed by atoms with Crippen molar-refractivity contribution >= 4 is 41.9 Å². The molecule has 0 amide bonds. The number of hydrogen-bond donors (Lipinski definition) is 1. The van der Waals surface area contributed by atoms with E-state index in [0.29, 0.717) is 11.0 Å². The van der Waals surface area contributed by atoms with Crippen LogP contribution in [0.5, 0.6) is 0 Å². The molecule has 0 bridgehead atoms. The number of sulfonamides is 1. The highest BCUT2D eigenvalue weighted by Gasteiger charge is 2.23. The van der Waals surface area contributed by atoms with Gasteiger partial charge in [-0.3, -0.25) is 0 Å². The van der Waals surface area contributed by atoms with Gasteiger partial charge in [0.1, 0.15) is 0 Å². The molecular weight excluding hydrogens is 394 g/mol. The molecule has 6 heteroatoms. The SMILES string of the molecule is CC(CNS(=O)(=O)c1ccc(Br)cc1Br)C(C)(C)C. The molecule has 1 unspecified atom stereocenters. The van der Waals surface area contributed by atoms with Crippen molar-refractivity contribution in [2.24, 2.45) is 11.3 Å². The summed E-state index contributed by atoms with van der Waals surface area (Å²) in [6.45, 7) is 8.76. The monoisotopic (exact) mass is 411 g/mol. The molecule has 0 spiro atoms. The second-order valence-electron chi connectivity index (χ2n) is 5.69. The summed E-state index contributed by atoms with van der Waals surface area (Å²) in [5, 5.41) is 0. The molecule has 108 valence electrons. The molecule has 0 saturated carbocycles. The van der Waals surface area contributed by atoms with Gasteiger partial charge in [0.05, 0.1) is 4.90 Å². The van der Waals surface area contributed by atoms with E-state index < -0.39 is 10.0 Å². The quantitative estimate of drug-likeness (QED) is 0.806. The number of benzene rings is 1. The van der Waals surface area contributed by atoms with Gasteiger partial charge in [-0.1, -0.05) is 43.6 Å². The molecular formula is C13H19Br2NO2S. The first-order chi connectivity index (χ1) is 8.54. The van der Waals surface area contributed by atoms with Crippen molar-refractivity contribution in [3.63, 3.8) is 0 Å². The summed E-state index contributed by atoms with van der Waals surface area (Å²) in [6.07, 6.45) is 0. The van der Waals surface area contributed by atoms with Gasteiger partial charge in [-0.15, -0.1) is 0 Å². The molecule has 0 aromatic heterocycles. The minimum Gasteiger partial charge on any atom is -0.211 e. The number of nitrogens with one attached hydrogen (secondary N) is 1. The molecule has 1 aromatic carbocycles. The van der Waals surface area contributed by atoms with Gasteiger partial charge >= 0.3 is 0 Å². The van der Waals surface area contributed by atoms with Crippen molar-refractivity contribution in [2.45, 2.75) is 32.6 Å². The lowest BCUT2D eigenvalue weighted by atomic mass is 9.82. The zero-order valence-electron chi connectivity index (χ0n) is 11.5. The van der Waals surface area contributed by atoms with E-state index in [4.69, 9.17) is 0 Å². The first-order valence-electron chi connectivity index (χ1n) is 5.99. The molecule has 0 aliphatic heterocycles. The zero-order valence-corrected chi connectivity index (χ0v) is 15.5. The van der Waals surface area contributed by atoms with Gasteiger partial charge in [0, 0.05) is 15.5 Å². The Morgan fingerprint density at radius 1 is 1.26 bits per heavy atom. The van der Waals surface area contributed by atoms with Crippen LogP contribution in [0.2, 0.25) is 0 Å². The molecule has 1 aromatic rings. The highest BCUT2D eigenvalue weighted by atomic mass is 79.9. The first-order valence-corrected chi connectivity index (χ1v) is 9.05. The van der Waals surface area contributed by atoms with Crippen molar-refractivity contribution in [2.75, 3.05) is 6.54 Å². The molecule has 1 N–H and O–H groups in total. The Morgan fingerprint density at radius 3 is 2.32 bits per heavy atom. The second-order valence-corrected chi connectivity index (χ2v) is 9.20. The Morgan fingerprint density at radius 2 is 1.84 bits per heavy atom. The van der Waals surface area contributed by atoms with E-state index in [1.807, 2.05) is 6.92 Å². The van der Waals surface area contributed by atoms with Gasteiger partial charge in [0.2, 0.25) is 10.0 Å². The van der Waals surface area contributed by atoms with E-state index in [1.165, 1.54) is 0 Å². The van der Waals surface area contributed by atoms with Gasteiger partial charge < -0.3 is 0 Å². The Kier molecular flexibility index (Phi) is 5.63. The van der Waals surface area contributed by atoms with E-state index in [1.54, 1.807) is 18.2 Å². The summed E-state index contributed by atoms with van der Waals surface area (Å²) < 4.78 is 28.5. The molecule has 0 aliphatic rings. The van der Waals surface area contributed by atoms with Crippen LogP contribution in [0, 0.1) is 11.3 Å². The average molecular weight is 413 g/mol. The van der Waals surface area contributed by atoms with E-state index in [9.17, 15) is 8.42 Å². The topological polar surface area (TPSA) is 46.2 Å². The third-order valence-electron chi connectivity index (χ3n) is 3.24. The maximum Gasteiger partial charge on any atom is 0.241 e. The van der Waals surface area contributed by atoms with Gasteiger partial charge in [0.15, 0.2) is 0 Å². The minimum atomic E-state index is -3.48. The minimum absolute atomic E-state index is 0.0689. The molecule has 0 saturated heterocycles. The van der Waals surface area contributed by atoms with Crippen LogP contribution >= 0.6 is 31.9 Å². The number of rotatable bonds is 4. The molecule has 0 heterocycles. The second kappa shape index (κ2) is 6.24. The summed E-state index contributed by atoms with van der Waals surface area (Å²) in [5.41, 5.74) is 0.0689. The lowest BCUT2D eigenvalue weighted by Gasteiger charge is -2.27. The van der Waals surface area contributed by atoms with Crippen LogP contribution in [0.1, 0.15) is 27.7 Å². The molecule has 0 fully saturated rings. The molecule has 1 atom stereocenters. The summed E-state index contributed by atoms with van der Waals surface area (Å²) >= 11 is 6.59. The fourth-order valence-corrected chi connectivity index (χ4v) is 4.19. The van der Waals surface area contributed by atoms with Gasteiger partial charge in [-0.05, 0) is 45.5 Å². The number of halogens is 2. The predicted molar refractivity (Wildman–Crippen MR) is 85.6 cm³/mol. The summed E-state index contributed by atoms with van der Waals surface area (Å²) in [7, 11) is -3.48. The van der Waals surface area contributed by atoms with Crippen LogP contribution < -0.4 is 4.72 Å². The van der Waals surface area contributed by atoms with Crippen molar-refractivity contribution in [1.82, 2.24) is 4.72 Å². The smallest absolute Gasteiger partial charge is 0.211 e. The largest absolute Gasteiger partial charge is 0.241 e. The van der Waals surface area contributed by atoms with Gasteiger partial charge in [-0.2, -0.15) is 0 Å². The van der Waals surface area contributed by atoms with E-state index >= 15 is 0 Å². The van der Waals surface area contributed by atoms with Crippen LogP contribution in [0.15, 0.2) is 32.0 Å². The van der Waals surface area contributed by atoms with Crippen molar-refractivity contribution in [1.29, 1.82) is 0 Å². The predicted octanol–water partition coefficient (Wildman–Crippen LogP) is 4.17. The van der Waals surface area contributed by atoms with Crippen molar-refractivity contribution < 1.29 is 8.42 Å². The zero-order chi connectivity index (χ0) is 14.8. The van der Waals surface area contributed by atoms with E-state index in [0.717, 1.165) is 4.47 Å². The number of hydrogen-bond acceptors (Lipinski definition) is 2. The molecule has 0 aliphatic carbocycles. The Bertz CT molecular complexity index is 550. The summed E-state index contributed by atoms with van der Waals surface area (Å²) in [6, 6.07) is 5.02. The van der Waals surface area contributed by atoms with Gasteiger partial charge in [0.25, 0.3) is 0 Å². The fraction of sp³-hybridized carbons (Fsp3) is 0.538. The van der Waals surface area contributed by atoms with Crippen molar-refractivity contribution in [3.8, 4) is 0 Å². The lowest BCUT2D eigenvalue weighted by molar-refractivity contribution is 0.263. The third-order valence-corrected chi connectivity index (χ3v) is 6.13. The normalized spacial score (nSPS) is 14.4. The maximum atomic E-state index is 12.2. The average Bonchev–Trinajstić information content (AvgIpc) is 2.24. The van der Waals surface area contributed by atoms with E-state index in [2.05, 4.69) is 57.4 Å². The Labute approximate surface area is 132 Å². The van der Waals surface area contributed by atoms with E-state index in [-0.39, 0.29) is 16.2 Å². The third kappa shape index (κ3) is 4.85. The molecule has 3 nitrogen and oxygen atoms in total. The molecule has 1 rings (SSSR count). The van der Waals surface area contributed by atoms with Crippen LogP contribution in [0.3, 0.4) is 0 Å². The summed E-state index contributed by atoms with van der Waals surface area (Å²) in [5.74, 6) is 0.247. The first kappa shape index (κ1) is 17.1. The Balaban J connectivity index is 2.88. The van der Waals surface area contributed by atoms with Gasteiger partial charge in [-0.25, -0.2) is 13.1 Å².